The van der Waals surface area contributed by atoms with E-state index in [0.29, 0.717) is 6.61 Å². The highest BCUT2D eigenvalue weighted by atomic mass is 16.7. The van der Waals surface area contributed by atoms with E-state index in [-0.39, 0.29) is 13.2 Å². The lowest BCUT2D eigenvalue weighted by atomic mass is 9.98. The van der Waals surface area contributed by atoms with Gasteiger partial charge in [0.25, 0.3) is 0 Å². The summed E-state index contributed by atoms with van der Waals surface area (Å²) in [5, 5.41) is 10.8. The van der Waals surface area contributed by atoms with Crippen molar-refractivity contribution in [2.24, 2.45) is 0 Å². The Labute approximate surface area is 176 Å². The molecular formula is C23H28O7. The summed E-state index contributed by atoms with van der Waals surface area (Å²) in [7, 11) is 1.48. The predicted octanol–water partition coefficient (Wildman–Crippen LogP) is 2.45. The summed E-state index contributed by atoms with van der Waals surface area (Å²) >= 11 is 0. The second-order valence-electron chi connectivity index (χ2n) is 7.11. The fourth-order valence-electron chi connectivity index (χ4n) is 3.35. The summed E-state index contributed by atoms with van der Waals surface area (Å²) in [4.78, 5) is 11.7. The molecule has 1 heterocycles. The van der Waals surface area contributed by atoms with Crippen LogP contribution in [-0.4, -0.2) is 55.5 Å². The SMILES string of the molecule is CO[C@@H]1O[C@H](COCc2ccccc2)[C@H](O)[C@H](OC(C)=O)[C@H]1OCc1ccccc1. The second-order valence-corrected chi connectivity index (χ2v) is 7.11. The van der Waals surface area contributed by atoms with Gasteiger partial charge in [-0.2, -0.15) is 0 Å². The van der Waals surface area contributed by atoms with Crippen molar-refractivity contribution in [3.05, 3.63) is 71.8 Å². The fraction of sp³-hybridized carbons (Fsp3) is 0.435. The lowest BCUT2D eigenvalue weighted by Crippen LogP contribution is -2.61. The Hall–Kier alpha value is -2.29. The molecule has 0 aliphatic carbocycles. The lowest BCUT2D eigenvalue weighted by Gasteiger charge is -2.43. The van der Waals surface area contributed by atoms with Gasteiger partial charge in [-0.1, -0.05) is 60.7 Å². The highest BCUT2D eigenvalue weighted by Gasteiger charge is 2.48. The Kier molecular flexibility index (Phi) is 8.36. The normalized spacial score (nSPS) is 26.3. The van der Waals surface area contributed by atoms with E-state index < -0.39 is 36.7 Å². The van der Waals surface area contributed by atoms with E-state index in [1.807, 2.05) is 60.7 Å². The summed E-state index contributed by atoms with van der Waals surface area (Å²) in [6, 6.07) is 19.2. The highest BCUT2D eigenvalue weighted by molar-refractivity contribution is 5.66. The Balaban J connectivity index is 1.65. The molecule has 3 rings (SSSR count). The van der Waals surface area contributed by atoms with E-state index in [1.165, 1.54) is 14.0 Å². The van der Waals surface area contributed by atoms with E-state index in [9.17, 15) is 9.90 Å². The fourth-order valence-corrected chi connectivity index (χ4v) is 3.35. The van der Waals surface area contributed by atoms with Gasteiger partial charge in [0.1, 0.15) is 18.3 Å². The number of ether oxygens (including phenoxy) is 5. The molecule has 1 aliphatic heterocycles. The van der Waals surface area contributed by atoms with Gasteiger partial charge >= 0.3 is 5.97 Å². The van der Waals surface area contributed by atoms with Crippen molar-refractivity contribution >= 4 is 5.97 Å². The molecule has 0 spiro atoms. The smallest absolute Gasteiger partial charge is 0.303 e. The van der Waals surface area contributed by atoms with Crippen LogP contribution in [0.5, 0.6) is 0 Å². The number of hydrogen-bond donors (Lipinski definition) is 1. The maximum atomic E-state index is 11.7. The summed E-state index contributed by atoms with van der Waals surface area (Å²) in [6.07, 6.45) is -4.43. The number of hydrogen-bond acceptors (Lipinski definition) is 7. The number of benzene rings is 2. The molecule has 0 aromatic heterocycles. The lowest BCUT2D eigenvalue weighted by molar-refractivity contribution is -0.309. The van der Waals surface area contributed by atoms with Crippen molar-refractivity contribution in [1.29, 1.82) is 0 Å². The number of aliphatic hydroxyl groups is 1. The minimum Gasteiger partial charge on any atom is -0.457 e. The molecule has 0 amide bonds. The Bertz CT molecular complexity index is 768. The summed E-state index contributed by atoms with van der Waals surface area (Å²) in [6.45, 7) is 2.03. The van der Waals surface area contributed by atoms with Crippen molar-refractivity contribution in [3.8, 4) is 0 Å². The first-order chi connectivity index (χ1) is 14.6. The second kappa shape index (κ2) is 11.2. The van der Waals surface area contributed by atoms with Crippen LogP contribution in [-0.2, 0) is 41.7 Å². The van der Waals surface area contributed by atoms with Crippen LogP contribution in [0, 0.1) is 0 Å². The van der Waals surface area contributed by atoms with Crippen molar-refractivity contribution in [2.45, 2.75) is 50.8 Å². The van der Waals surface area contributed by atoms with Crippen LogP contribution in [0.15, 0.2) is 60.7 Å². The third-order valence-electron chi connectivity index (χ3n) is 4.83. The van der Waals surface area contributed by atoms with Crippen LogP contribution in [0.3, 0.4) is 0 Å². The molecule has 2 aromatic carbocycles. The van der Waals surface area contributed by atoms with Crippen molar-refractivity contribution in [3.63, 3.8) is 0 Å². The first-order valence-electron chi connectivity index (χ1n) is 9.89. The molecule has 0 bridgehead atoms. The average molecular weight is 416 g/mol. The van der Waals surface area contributed by atoms with E-state index in [0.717, 1.165) is 11.1 Å². The summed E-state index contributed by atoms with van der Waals surface area (Å²) in [5.74, 6) is -0.520. The molecular weight excluding hydrogens is 388 g/mol. The molecule has 1 N–H and O–H groups in total. The van der Waals surface area contributed by atoms with E-state index in [4.69, 9.17) is 23.7 Å². The quantitative estimate of drug-likeness (QED) is 0.629. The van der Waals surface area contributed by atoms with E-state index in [1.54, 1.807) is 0 Å². The molecule has 162 valence electrons. The molecule has 0 unspecified atom stereocenters. The van der Waals surface area contributed by atoms with E-state index >= 15 is 0 Å². The zero-order chi connectivity index (χ0) is 21.3. The maximum Gasteiger partial charge on any atom is 0.303 e. The minimum atomic E-state index is -1.13. The Morgan fingerprint density at radius 1 is 0.967 bits per heavy atom. The number of carbonyl (C=O) groups is 1. The van der Waals surface area contributed by atoms with Crippen molar-refractivity contribution in [1.82, 2.24) is 0 Å². The van der Waals surface area contributed by atoms with Gasteiger partial charge in [0.15, 0.2) is 12.4 Å². The first-order valence-corrected chi connectivity index (χ1v) is 9.89. The highest BCUT2D eigenvalue weighted by Crippen LogP contribution is 2.28. The number of esters is 1. The third kappa shape index (κ3) is 6.10. The van der Waals surface area contributed by atoms with Crippen LogP contribution >= 0.6 is 0 Å². The topological polar surface area (TPSA) is 83.5 Å². The van der Waals surface area contributed by atoms with Gasteiger partial charge in [-0.15, -0.1) is 0 Å². The monoisotopic (exact) mass is 416 g/mol. The van der Waals surface area contributed by atoms with Crippen LogP contribution in [0.25, 0.3) is 0 Å². The third-order valence-corrected chi connectivity index (χ3v) is 4.83. The van der Waals surface area contributed by atoms with Gasteiger partial charge in [-0.05, 0) is 11.1 Å². The number of rotatable bonds is 9. The minimum absolute atomic E-state index is 0.110. The molecule has 0 radical (unpaired) electrons. The zero-order valence-electron chi connectivity index (χ0n) is 17.2. The number of carbonyl (C=O) groups excluding carboxylic acids is 1. The molecule has 7 nitrogen and oxygen atoms in total. The Morgan fingerprint density at radius 2 is 1.57 bits per heavy atom. The van der Waals surface area contributed by atoms with Crippen LogP contribution in [0.4, 0.5) is 0 Å². The van der Waals surface area contributed by atoms with Crippen LogP contribution in [0.1, 0.15) is 18.1 Å². The van der Waals surface area contributed by atoms with Crippen molar-refractivity contribution in [2.75, 3.05) is 13.7 Å². The van der Waals surface area contributed by atoms with Gasteiger partial charge in [0.2, 0.25) is 0 Å². The zero-order valence-corrected chi connectivity index (χ0v) is 17.2. The molecule has 30 heavy (non-hydrogen) atoms. The molecule has 5 atom stereocenters. The predicted molar refractivity (Wildman–Crippen MR) is 108 cm³/mol. The van der Waals surface area contributed by atoms with Gasteiger partial charge < -0.3 is 28.8 Å². The van der Waals surface area contributed by atoms with Crippen LogP contribution < -0.4 is 0 Å². The van der Waals surface area contributed by atoms with Gasteiger partial charge in [-0.25, -0.2) is 0 Å². The molecule has 2 aromatic rings. The molecule has 1 fully saturated rings. The first kappa shape index (κ1) is 22.4. The summed E-state index contributed by atoms with van der Waals surface area (Å²) < 4.78 is 28.4. The van der Waals surface area contributed by atoms with Crippen molar-refractivity contribution < 1.29 is 33.6 Å². The number of aliphatic hydroxyl groups excluding tert-OH is 1. The van der Waals surface area contributed by atoms with Crippen LogP contribution in [0.2, 0.25) is 0 Å². The molecule has 0 saturated carbocycles. The largest absolute Gasteiger partial charge is 0.457 e. The number of methoxy groups -OCH3 is 1. The Morgan fingerprint density at radius 3 is 2.13 bits per heavy atom. The van der Waals surface area contributed by atoms with E-state index in [2.05, 4.69) is 0 Å². The molecule has 7 heteroatoms. The van der Waals surface area contributed by atoms with Gasteiger partial charge in [-0.3, -0.25) is 4.79 Å². The standard InChI is InChI=1S/C23H28O7/c1-16(24)29-21-20(25)19(15-27-13-17-9-5-3-6-10-17)30-23(26-2)22(21)28-14-18-11-7-4-8-12-18/h3-12,19-23,25H,13-15H2,1-2H3/t19-,20+,21+,22-,23-/m1/s1. The summed E-state index contributed by atoms with van der Waals surface area (Å²) in [5.41, 5.74) is 1.95. The maximum absolute atomic E-state index is 11.7. The average Bonchev–Trinajstić information content (AvgIpc) is 2.76. The van der Waals surface area contributed by atoms with Gasteiger partial charge in [0.05, 0.1) is 19.8 Å². The van der Waals surface area contributed by atoms with Gasteiger partial charge in [0, 0.05) is 14.0 Å². The molecule has 1 aliphatic rings. The molecule has 1 saturated heterocycles.